The van der Waals surface area contributed by atoms with Crippen molar-refractivity contribution in [2.45, 2.75) is 24.6 Å². The van der Waals surface area contributed by atoms with Gasteiger partial charge < -0.3 is 25.1 Å². The Kier molecular flexibility index (Phi) is 7.71. The van der Waals surface area contributed by atoms with Crippen molar-refractivity contribution >= 4 is 40.2 Å². The quantitative estimate of drug-likeness (QED) is 0.589. The third-order valence-electron chi connectivity index (χ3n) is 3.15. The molecular formula is C15H23N3O4S2. The van der Waals surface area contributed by atoms with Gasteiger partial charge in [0.05, 0.1) is 6.26 Å². The summed E-state index contributed by atoms with van der Waals surface area (Å²) in [6, 6.07) is 1.91. The highest BCUT2D eigenvalue weighted by atomic mass is 32.2. The fourth-order valence-corrected chi connectivity index (χ4v) is 3.53. The zero-order valence-electron chi connectivity index (χ0n) is 14.2. The van der Waals surface area contributed by atoms with Crippen LogP contribution in [0.15, 0.2) is 22.8 Å². The number of carbonyl (C=O) groups is 2. The van der Waals surface area contributed by atoms with Gasteiger partial charge in [-0.2, -0.15) is 0 Å². The molecule has 0 unspecified atom stereocenters. The fraction of sp³-hybridized carbons (Fsp3) is 0.533. The van der Waals surface area contributed by atoms with Crippen molar-refractivity contribution in [1.82, 2.24) is 15.5 Å². The summed E-state index contributed by atoms with van der Waals surface area (Å²) in [6.07, 6.45) is 1.36. The lowest BCUT2D eigenvalue weighted by Gasteiger charge is -2.31. The van der Waals surface area contributed by atoms with Gasteiger partial charge in [-0.25, -0.2) is 4.79 Å². The predicted molar refractivity (Wildman–Crippen MR) is 98.4 cm³/mol. The Morgan fingerprint density at radius 1 is 1.46 bits per heavy atom. The van der Waals surface area contributed by atoms with E-state index in [2.05, 4.69) is 10.6 Å². The highest BCUT2D eigenvalue weighted by Gasteiger charge is 2.38. The van der Waals surface area contributed by atoms with E-state index in [1.54, 1.807) is 19.9 Å². The number of carbonyl (C=O) groups excluding carboxylic acids is 1. The number of likely N-dealkylation sites (N-methyl/N-ethyl adjacent to an activating group) is 1. The van der Waals surface area contributed by atoms with Crippen LogP contribution in [0.4, 0.5) is 0 Å². The molecule has 134 valence electrons. The molecule has 0 aliphatic carbocycles. The zero-order valence-corrected chi connectivity index (χ0v) is 15.8. The predicted octanol–water partition coefficient (Wildman–Crippen LogP) is 1.41. The van der Waals surface area contributed by atoms with E-state index >= 15 is 0 Å². The average Bonchev–Trinajstić information content (AvgIpc) is 2.97. The number of nitrogens with zero attached hydrogens (tertiary/aromatic N) is 1. The molecule has 1 rings (SSSR count). The monoisotopic (exact) mass is 373 g/mol. The summed E-state index contributed by atoms with van der Waals surface area (Å²) < 4.78 is 4.63. The first kappa shape index (κ1) is 20.5. The van der Waals surface area contributed by atoms with Crippen molar-refractivity contribution in [3.63, 3.8) is 0 Å². The second-order valence-electron chi connectivity index (χ2n) is 5.95. The van der Waals surface area contributed by atoms with Gasteiger partial charge in [0.25, 0.3) is 5.91 Å². The Hall–Kier alpha value is -1.58. The summed E-state index contributed by atoms with van der Waals surface area (Å²) in [4.78, 5) is 25.7. The van der Waals surface area contributed by atoms with E-state index in [1.807, 2.05) is 19.0 Å². The second kappa shape index (κ2) is 9.05. The Labute approximate surface area is 151 Å². The van der Waals surface area contributed by atoms with Crippen LogP contribution in [0.3, 0.4) is 0 Å². The number of rotatable bonds is 8. The number of aliphatic carboxylic acids is 1. The molecule has 0 radical (unpaired) electrons. The lowest BCUT2D eigenvalue weighted by Crippen LogP contribution is -2.53. The van der Waals surface area contributed by atoms with Gasteiger partial charge in [-0.05, 0) is 40.1 Å². The molecule has 0 aromatic carbocycles. The first-order valence-corrected chi connectivity index (χ1v) is 8.54. The molecule has 9 heteroatoms. The summed E-state index contributed by atoms with van der Waals surface area (Å²) >= 11 is 6.47. The number of nitrogens with one attached hydrogen (secondary N) is 2. The number of carboxylic acid groups (broad SMARTS) is 1. The van der Waals surface area contributed by atoms with E-state index in [0.717, 1.165) is 6.54 Å². The van der Waals surface area contributed by atoms with Crippen LogP contribution in [-0.2, 0) is 4.79 Å². The van der Waals surface area contributed by atoms with Crippen molar-refractivity contribution in [2.75, 3.05) is 27.2 Å². The lowest BCUT2D eigenvalue weighted by atomic mass is 10.0. The Bertz CT molecular complexity index is 573. The SMILES string of the molecule is CN(C)CCNC(=S)SC(C)(C)[C@H](NC(=O)c1ccco1)C(=O)O. The van der Waals surface area contributed by atoms with Crippen molar-refractivity contribution < 1.29 is 19.1 Å². The molecule has 1 heterocycles. The highest BCUT2D eigenvalue weighted by Crippen LogP contribution is 2.29. The molecule has 1 aromatic heterocycles. The van der Waals surface area contributed by atoms with Crippen molar-refractivity contribution in [2.24, 2.45) is 0 Å². The molecule has 0 spiro atoms. The zero-order chi connectivity index (χ0) is 18.3. The maximum absolute atomic E-state index is 12.1. The lowest BCUT2D eigenvalue weighted by molar-refractivity contribution is -0.139. The van der Waals surface area contributed by atoms with Crippen LogP contribution < -0.4 is 10.6 Å². The van der Waals surface area contributed by atoms with Gasteiger partial charge in [0.15, 0.2) is 5.76 Å². The number of thiocarbonyl (C=S) groups is 1. The van der Waals surface area contributed by atoms with Gasteiger partial charge in [-0.3, -0.25) is 4.79 Å². The molecule has 0 aliphatic rings. The van der Waals surface area contributed by atoms with E-state index in [0.29, 0.717) is 10.9 Å². The van der Waals surface area contributed by atoms with Crippen molar-refractivity contribution in [3.05, 3.63) is 24.2 Å². The number of furan rings is 1. The Morgan fingerprint density at radius 2 is 2.12 bits per heavy atom. The fourth-order valence-electron chi connectivity index (χ4n) is 1.86. The van der Waals surface area contributed by atoms with Crippen LogP contribution in [0.5, 0.6) is 0 Å². The number of thioether (sulfide) groups is 1. The first-order valence-electron chi connectivity index (χ1n) is 7.32. The Morgan fingerprint density at radius 3 is 2.62 bits per heavy atom. The maximum atomic E-state index is 12.1. The van der Waals surface area contributed by atoms with Crippen LogP contribution >= 0.6 is 24.0 Å². The van der Waals surface area contributed by atoms with Gasteiger partial charge >= 0.3 is 5.97 Å². The largest absolute Gasteiger partial charge is 0.480 e. The van der Waals surface area contributed by atoms with Gasteiger partial charge in [-0.1, -0.05) is 24.0 Å². The topological polar surface area (TPSA) is 94.8 Å². The van der Waals surface area contributed by atoms with Gasteiger partial charge in [0, 0.05) is 17.8 Å². The standard InChI is InChI=1S/C15H23N3O4S2/c1-15(2,24-14(23)16-7-8-18(3)4)11(13(20)21)17-12(19)10-6-5-9-22-10/h5-6,9,11H,7-8H2,1-4H3,(H,16,23)(H,17,19)(H,20,21)/t11-/m1/s1. The van der Waals surface area contributed by atoms with E-state index < -0.39 is 22.7 Å². The van der Waals surface area contributed by atoms with Crippen LogP contribution in [-0.4, -0.2) is 64.2 Å². The van der Waals surface area contributed by atoms with E-state index in [9.17, 15) is 14.7 Å². The third-order valence-corrected chi connectivity index (χ3v) is 4.63. The molecule has 1 amide bonds. The minimum Gasteiger partial charge on any atom is -0.480 e. The minimum absolute atomic E-state index is 0.0636. The van der Waals surface area contributed by atoms with Gasteiger partial charge in [0.1, 0.15) is 10.4 Å². The molecule has 24 heavy (non-hydrogen) atoms. The maximum Gasteiger partial charge on any atom is 0.327 e. The summed E-state index contributed by atoms with van der Waals surface area (Å²) in [5, 5.41) is 15.1. The molecule has 1 atom stereocenters. The van der Waals surface area contributed by atoms with Crippen LogP contribution in [0.1, 0.15) is 24.4 Å². The molecule has 0 fully saturated rings. The molecular weight excluding hydrogens is 350 g/mol. The molecule has 7 nitrogen and oxygen atoms in total. The molecule has 0 aliphatic heterocycles. The number of hydrogen-bond donors (Lipinski definition) is 3. The molecule has 0 saturated heterocycles. The van der Waals surface area contributed by atoms with Crippen molar-refractivity contribution in [3.8, 4) is 0 Å². The first-order chi connectivity index (χ1) is 11.1. The van der Waals surface area contributed by atoms with Gasteiger partial charge in [-0.15, -0.1) is 0 Å². The number of hydrogen-bond acceptors (Lipinski definition) is 6. The van der Waals surface area contributed by atoms with Crippen molar-refractivity contribution in [1.29, 1.82) is 0 Å². The summed E-state index contributed by atoms with van der Waals surface area (Å²) in [7, 11) is 3.90. The molecule has 1 aromatic rings. The molecule has 3 N–H and O–H groups in total. The summed E-state index contributed by atoms with van der Waals surface area (Å²) in [5.41, 5.74) is 0. The number of amides is 1. The van der Waals surface area contributed by atoms with E-state index in [-0.39, 0.29) is 5.76 Å². The van der Waals surface area contributed by atoms with Crippen LogP contribution in [0, 0.1) is 0 Å². The summed E-state index contributed by atoms with van der Waals surface area (Å²) in [6.45, 7) is 4.90. The number of carboxylic acids is 1. The smallest absolute Gasteiger partial charge is 0.327 e. The second-order valence-corrected chi connectivity index (χ2v) is 8.28. The van der Waals surface area contributed by atoms with Gasteiger partial charge in [0.2, 0.25) is 0 Å². The molecule has 0 saturated carbocycles. The highest BCUT2D eigenvalue weighted by molar-refractivity contribution is 8.23. The average molecular weight is 374 g/mol. The van der Waals surface area contributed by atoms with Crippen LogP contribution in [0.2, 0.25) is 0 Å². The van der Waals surface area contributed by atoms with E-state index in [4.69, 9.17) is 16.6 Å². The molecule has 0 bridgehead atoms. The normalized spacial score (nSPS) is 12.7. The minimum atomic E-state index is -1.14. The van der Waals surface area contributed by atoms with E-state index in [1.165, 1.54) is 24.1 Å². The summed E-state index contributed by atoms with van der Waals surface area (Å²) in [5.74, 6) is -1.65. The Balaban J connectivity index is 2.69. The van der Waals surface area contributed by atoms with Crippen LogP contribution in [0.25, 0.3) is 0 Å². The third kappa shape index (κ3) is 6.50.